The summed E-state index contributed by atoms with van der Waals surface area (Å²) in [6.07, 6.45) is 3.31. The normalized spacial score (nSPS) is 19.9. The van der Waals surface area contributed by atoms with E-state index in [9.17, 15) is 28.5 Å². The first-order valence-corrected chi connectivity index (χ1v) is 25.1. The molecule has 5 aliphatic heterocycles. The molecule has 5 aliphatic rings. The number of likely N-dealkylation sites (tertiary alicyclic amines) is 1. The molecule has 3 N–H and O–H groups in total. The average Bonchev–Trinajstić information content (AvgIpc) is 3.54. The third kappa shape index (κ3) is 9.32. The van der Waals surface area contributed by atoms with E-state index in [-0.39, 0.29) is 41.7 Å². The number of nitrogens with zero attached hydrogens (tertiary/aromatic N) is 7. The van der Waals surface area contributed by atoms with Crippen molar-refractivity contribution in [1.29, 1.82) is 0 Å². The Hall–Kier alpha value is -6.07. The molecule has 0 spiro atoms. The molecule has 0 aliphatic carbocycles. The summed E-state index contributed by atoms with van der Waals surface area (Å²) in [7, 11) is -0.935. The Bertz CT molecular complexity index is 2630. The van der Waals surface area contributed by atoms with Gasteiger partial charge in [0.15, 0.2) is 5.82 Å². The number of carbonyl (C=O) groups is 5. The number of piperazine rings is 1. The number of fused-ring (bicyclic) bond motifs is 1. The van der Waals surface area contributed by atoms with Crippen molar-refractivity contribution in [3.8, 4) is 11.5 Å². The molecule has 0 saturated carbocycles. The molecule has 1 atom stereocenters. The number of carbonyl (C=O) groups excluding carboxylic acids is 5. The molecule has 9 rings (SSSR count). The monoisotopic (exact) mass is 938 g/mol. The van der Waals surface area contributed by atoms with Gasteiger partial charge in [0.25, 0.3) is 11.8 Å². The van der Waals surface area contributed by atoms with E-state index in [0.29, 0.717) is 64.9 Å². The molecule has 5 amide bonds. The molecule has 1 aromatic heterocycles. The Morgan fingerprint density at radius 3 is 2.36 bits per heavy atom. The average molecular weight is 939 g/mol. The van der Waals surface area contributed by atoms with Crippen molar-refractivity contribution in [2.45, 2.75) is 43.9 Å². The zero-order valence-corrected chi connectivity index (χ0v) is 38.6. The number of piperidine rings is 2. The zero-order chi connectivity index (χ0) is 46.3. The van der Waals surface area contributed by atoms with E-state index >= 15 is 0 Å². The highest BCUT2D eigenvalue weighted by Gasteiger charge is 2.47. The fourth-order valence-corrected chi connectivity index (χ4v) is 10.6. The van der Waals surface area contributed by atoms with Crippen LogP contribution in [0.4, 0.5) is 28.8 Å². The number of halogens is 1. The first-order valence-electron chi connectivity index (χ1n) is 22.1. The summed E-state index contributed by atoms with van der Waals surface area (Å²) in [5.74, 6) is -0.707. The fourth-order valence-electron chi connectivity index (χ4n) is 9.34. The minimum absolute atomic E-state index is 0.0211. The number of aromatic nitrogens is 2. The number of benzene rings is 3. The van der Waals surface area contributed by atoms with E-state index in [1.807, 2.05) is 36.4 Å². The number of rotatable bonds is 13. The van der Waals surface area contributed by atoms with Gasteiger partial charge in [0.05, 0.1) is 55.4 Å². The minimum atomic E-state index is -2.57. The third-order valence-corrected chi connectivity index (χ3v) is 14.8. The van der Waals surface area contributed by atoms with Gasteiger partial charge in [-0.3, -0.25) is 44.0 Å². The molecule has 18 nitrogen and oxygen atoms in total. The first-order chi connectivity index (χ1) is 31.7. The summed E-state index contributed by atoms with van der Waals surface area (Å²) in [5.41, 5.74) is 2.68. The second kappa shape index (κ2) is 18.7. The van der Waals surface area contributed by atoms with Gasteiger partial charge in [-0.25, -0.2) is 4.98 Å². The highest BCUT2D eigenvalue weighted by molar-refractivity contribution is 7.70. The van der Waals surface area contributed by atoms with E-state index < -0.39 is 36.8 Å². The number of anilines is 5. The van der Waals surface area contributed by atoms with Gasteiger partial charge in [0.2, 0.25) is 23.7 Å². The van der Waals surface area contributed by atoms with Gasteiger partial charge in [-0.1, -0.05) is 29.8 Å². The highest BCUT2D eigenvalue weighted by Crippen LogP contribution is 2.40. The van der Waals surface area contributed by atoms with Gasteiger partial charge >= 0.3 is 0 Å². The van der Waals surface area contributed by atoms with Gasteiger partial charge in [-0.05, 0) is 69.0 Å². The molecular weight excluding hydrogens is 887 g/mol. The number of imide groups is 2. The molecule has 20 heteroatoms. The summed E-state index contributed by atoms with van der Waals surface area (Å²) in [6, 6.07) is 17.6. The summed E-state index contributed by atoms with van der Waals surface area (Å²) >= 11 is 6.48. The van der Waals surface area contributed by atoms with Crippen molar-refractivity contribution in [3.05, 3.63) is 83.0 Å². The Balaban J connectivity index is 0.720. The van der Waals surface area contributed by atoms with Gasteiger partial charge in [-0.15, -0.1) is 0 Å². The van der Waals surface area contributed by atoms with E-state index in [1.165, 1.54) is 12.3 Å². The van der Waals surface area contributed by atoms with Crippen molar-refractivity contribution in [2.24, 2.45) is 0 Å². The van der Waals surface area contributed by atoms with Crippen LogP contribution >= 0.6 is 18.7 Å². The Morgan fingerprint density at radius 1 is 0.879 bits per heavy atom. The maximum absolute atomic E-state index is 13.5. The molecule has 6 heterocycles. The molecule has 0 bridgehead atoms. The van der Waals surface area contributed by atoms with Crippen LogP contribution in [0.5, 0.6) is 11.5 Å². The van der Waals surface area contributed by atoms with Crippen LogP contribution in [0, 0.1) is 0 Å². The van der Waals surface area contributed by atoms with Crippen LogP contribution in [0.15, 0.2) is 66.9 Å². The SMILES string of the molecule is COc1cc(N2CCC(N3CCN(CC(=O)N4CC(Oc5cccc6c5C(=O)N(C5CCC(=O)NC5=O)C6=O)C4)CC3)CC2)ccc1Nc1ncc(Cl)c(Nc2ccccc2P(C)(C)=O)n1. The van der Waals surface area contributed by atoms with Gasteiger partial charge in [0.1, 0.15) is 35.8 Å². The lowest BCUT2D eigenvalue weighted by atomic mass is 10.0. The van der Waals surface area contributed by atoms with Crippen LogP contribution in [-0.2, 0) is 18.9 Å². The summed E-state index contributed by atoms with van der Waals surface area (Å²) in [4.78, 5) is 82.9. The van der Waals surface area contributed by atoms with E-state index in [4.69, 9.17) is 21.1 Å². The lowest BCUT2D eigenvalue weighted by Crippen LogP contribution is -2.60. The summed E-state index contributed by atoms with van der Waals surface area (Å²) in [5, 5.41) is 9.74. The van der Waals surface area contributed by atoms with Gasteiger partial charge in [0, 0.05) is 68.8 Å². The molecular formula is C46H52ClN10O8P. The highest BCUT2D eigenvalue weighted by atomic mass is 35.5. The number of nitrogens with one attached hydrogen (secondary N) is 3. The van der Waals surface area contributed by atoms with Gasteiger partial charge in [-0.2, -0.15) is 4.98 Å². The molecule has 4 aromatic rings. The number of para-hydroxylation sites is 1. The van der Waals surface area contributed by atoms with E-state index in [1.54, 1.807) is 37.5 Å². The Labute approximate surface area is 387 Å². The number of methoxy groups -OCH3 is 1. The number of hydrogen-bond acceptors (Lipinski definition) is 15. The second-order valence-corrected chi connectivity index (χ2v) is 21.2. The lowest BCUT2D eigenvalue weighted by molar-refractivity contribution is -0.141. The van der Waals surface area contributed by atoms with E-state index in [2.05, 4.69) is 46.7 Å². The molecule has 1 unspecified atom stereocenters. The van der Waals surface area contributed by atoms with Crippen LogP contribution in [0.25, 0.3) is 0 Å². The predicted octanol–water partition coefficient (Wildman–Crippen LogP) is 4.15. The molecule has 4 fully saturated rings. The van der Waals surface area contributed by atoms with Crippen LogP contribution in [0.1, 0.15) is 46.4 Å². The van der Waals surface area contributed by atoms with Crippen molar-refractivity contribution >= 4 is 82.4 Å². The van der Waals surface area contributed by atoms with Crippen molar-refractivity contribution in [1.82, 2.24) is 34.9 Å². The van der Waals surface area contributed by atoms with E-state index in [0.717, 1.165) is 62.7 Å². The van der Waals surface area contributed by atoms with Crippen LogP contribution in [0.2, 0.25) is 5.02 Å². The standard InChI is InChI=1S/C46H52ClN10O8P/c1-64-37-23-29(11-12-33(37)50-46-48-24-32(47)42(52-46)49-34-8-4-5-10-38(34)66(2,3)63)54-17-15-28(16-18-54)55-21-19-53(20-22-55)27-40(59)56-25-30(26-56)65-36-9-6-7-31-41(36)45(62)57(44(31)61)35-13-14-39(58)51-43(35)60/h4-12,23-24,28,30,35H,13-22,25-27H2,1-3H3,(H,51,58,60)(H2,48,49,50,52). The summed E-state index contributed by atoms with van der Waals surface area (Å²) in [6.45, 7) is 9.63. The maximum atomic E-state index is 13.5. The molecule has 0 radical (unpaired) electrons. The third-order valence-electron chi connectivity index (χ3n) is 12.9. The van der Waals surface area contributed by atoms with Gasteiger partial charge < -0.3 is 34.5 Å². The minimum Gasteiger partial charge on any atom is -0.494 e. The Morgan fingerprint density at radius 2 is 1.64 bits per heavy atom. The fraction of sp³-hybridized carbons (Fsp3) is 0.413. The summed E-state index contributed by atoms with van der Waals surface area (Å²) < 4.78 is 24.9. The van der Waals surface area contributed by atoms with Crippen LogP contribution in [-0.4, -0.2) is 157 Å². The molecule has 346 valence electrons. The lowest BCUT2D eigenvalue weighted by Gasteiger charge is -2.44. The van der Waals surface area contributed by atoms with Crippen molar-refractivity contribution in [3.63, 3.8) is 0 Å². The predicted molar refractivity (Wildman–Crippen MR) is 249 cm³/mol. The smallest absolute Gasteiger partial charge is 0.266 e. The topological polar surface area (TPSA) is 199 Å². The second-order valence-electron chi connectivity index (χ2n) is 17.6. The first kappa shape index (κ1) is 45.1. The van der Waals surface area contributed by atoms with Crippen LogP contribution < -0.4 is 35.6 Å². The van der Waals surface area contributed by atoms with Crippen molar-refractivity contribution < 1.29 is 38.0 Å². The Kier molecular flexibility index (Phi) is 12.8. The molecule has 3 aromatic carbocycles. The maximum Gasteiger partial charge on any atom is 0.266 e. The quantitative estimate of drug-likeness (QED) is 0.128. The number of ether oxygens (including phenoxy) is 2. The number of hydrogen-bond donors (Lipinski definition) is 3. The largest absolute Gasteiger partial charge is 0.494 e. The van der Waals surface area contributed by atoms with Crippen molar-refractivity contribution in [2.75, 3.05) is 94.9 Å². The zero-order valence-electron chi connectivity index (χ0n) is 37.0. The molecule has 4 saturated heterocycles. The van der Waals surface area contributed by atoms with Crippen LogP contribution in [0.3, 0.4) is 0 Å². The number of amides is 5. The molecule has 66 heavy (non-hydrogen) atoms.